The van der Waals surface area contributed by atoms with Crippen LogP contribution in [0.2, 0.25) is 0 Å². The van der Waals surface area contributed by atoms with Crippen LogP contribution in [0.3, 0.4) is 0 Å². The Kier molecular flexibility index (Phi) is 5.17. The van der Waals surface area contributed by atoms with Crippen molar-refractivity contribution in [3.8, 4) is 0 Å². The molecule has 1 fully saturated rings. The first-order chi connectivity index (χ1) is 9.60. The van der Waals surface area contributed by atoms with E-state index < -0.39 is 0 Å². The third kappa shape index (κ3) is 3.82. The van der Waals surface area contributed by atoms with E-state index in [0.717, 1.165) is 43.5 Å². The standard InChI is InChI=1S/C15H27N5/c1-5-8-16-15-17-12(2)10-14(18-15)20-9-6-7-13(11-20)19(3)4/h10,13H,5-9,11H2,1-4H3,(H,16,17,18). The van der Waals surface area contributed by atoms with Gasteiger partial charge in [-0.25, -0.2) is 4.98 Å². The van der Waals surface area contributed by atoms with Gasteiger partial charge in [-0.3, -0.25) is 0 Å². The third-order valence-electron chi connectivity index (χ3n) is 3.82. The molecule has 0 bridgehead atoms. The van der Waals surface area contributed by atoms with Crippen LogP contribution < -0.4 is 10.2 Å². The van der Waals surface area contributed by atoms with Crippen molar-refractivity contribution in [1.29, 1.82) is 0 Å². The molecule has 1 atom stereocenters. The molecule has 0 aliphatic carbocycles. The highest BCUT2D eigenvalue weighted by Gasteiger charge is 2.22. The van der Waals surface area contributed by atoms with Crippen LogP contribution in [0.25, 0.3) is 0 Å². The first kappa shape index (κ1) is 15.0. The van der Waals surface area contributed by atoms with Gasteiger partial charge in [-0.2, -0.15) is 4.98 Å². The lowest BCUT2D eigenvalue weighted by Crippen LogP contribution is -2.45. The van der Waals surface area contributed by atoms with Crippen LogP contribution in [-0.4, -0.2) is 54.6 Å². The minimum absolute atomic E-state index is 0.617. The van der Waals surface area contributed by atoms with Crippen molar-refractivity contribution in [2.75, 3.05) is 43.9 Å². The van der Waals surface area contributed by atoms with Crippen LogP contribution in [0.4, 0.5) is 11.8 Å². The number of aromatic nitrogens is 2. The molecule has 0 saturated carbocycles. The number of aryl methyl sites for hydroxylation is 1. The molecule has 20 heavy (non-hydrogen) atoms. The summed E-state index contributed by atoms with van der Waals surface area (Å²) in [6.07, 6.45) is 3.58. The van der Waals surface area contributed by atoms with E-state index in [9.17, 15) is 0 Å². The number of likely N-dealkylation sites (N-methyl/N-ethyl adjacent to an activating group) is 1. The summed E-state index contributed by atoms with van der Waals surface area (Å²) in [6.45, 7) is 7.25. The van der Waals surface area contributed by atoms with Crippen molar-refractivity contribution in [2.24, 2.45) is 0 Å². The van der Waals surface area contributed by atoms with E-state index in [1.807, 2.05) is 6.92 Å². The summed E-state index contributed by atoms with van der Waals surface area (Å²) in [4.78, 5) is 13.8. The molecule has 1 aromatic rings. The quantitative estimate of drug-likeness (QED) is 0.893. The largest absolute Gasteiger partial charge is 0.355 e. The van der Waals surface area contributed by atoms with Gasteiger partial charge in [0.2, 0.25) is 5.95 Å². The number of anilines is 2. The van der Waals surface area contributed by atoms with Crippen LogP contribution >= 0.6 is 0 Å². The summed E-state index contributed by atoms with van der Waals surface area (Å²) in [6, 6.07) is 2.71. The van der Waals surface area contributed by atoms with Gasteiger partial charge in [-0.1, -0.05) is 6.92 Å². The summed E-state index contributed by atoms with van der Waals surface area (Å²) in [5.74, 6) is 1.82. The Hall–Kier alpha value is -1.36. The van der Waals surface area contributed by atoms with Crippen molar-refractivity contribution in [2.45, 2.75) is 39.2 Å². The molecule has 1 N–H and O–H groups in total. The van der Waals surface area contributed by atoms with E-state index in [1.54, 1.807) is 0 Å². The maximum atomic E-state index is 4.67. The van der Waals surface area contributed by atoms with E-state index in [4.69, 9.17) is 0 Å². The van der Waals surface area contributed by atoms with Gasteiger partial charge in [-0.15, -0.1) is 0 Å². The maximum absolute atomic E-state index is 4.67. The molecule has 1 aromatic heterocycles. The predicted molar refractivity (Wildman–Crippen MR) is 84.5 cm³/mol. The molecule has 2 rings (SSSR count). The molecule has 5 heteroatoms. The van der Waals surface area contributed by atoms with Crippen LogP contribution in [0.1, 0.15) is 31.9 Å². The first-order valence-electron chi connectivity index (χ1n) is 7.61. The van der Waals surface area contributed by atoms with E-state index >= 15 is 0 Å². The average Bonchev–Trinajstić information content (AvgIpc) is 2.44. The minimum Gasteiger partial charge on any atom is -0.355 e. The summed E-state index contributed by atoms with van der Waals surface area (Å²) in [5.41, 5.74) is 1.03. The highest BCUT2D eigenvalue weighted by molar-refractivity contribution is 5.45. The highest BCUT2D eigenvalue weighted by Crippen LogP contribution is 2.21. The lowest BCUT2D eigenvalue weighted by atomic mass is 10.1. The van der Waals surface area contributed by atoms with Gasteiger partial charge in [0.1, 0.15) is 5.82 Å². The maximum Gasteiger partial charge on any atom is 0.224 e. The fourth-order valence-corrected chi connectivity index (χ4v) is 2.61. The molecule has 112 valence electrons. The number of hydrogen-bond acceptors (Lipinski definition) is 5. The van der Waals surface area contributed by atoms with E-state index in [1.165, 1.54) is 12.8 Å². The lowest BCUT2D eigenvalue weighted by molar-refractivity contribution is 0.257. The molecule has 1 unspecified atom stereocenters. The Morgan fingerprint density at radius 2 is 2.20 bits per heavy atom. The van der Waals surface area contributed by atoms with Crippen molar-refractivity contribution in [3.63, 3.8) is 0 Å². The van der Waals surface area contributed by atoms with Crippen molar-refractivity contribution in [3.05, 3.63) is 11.8 Å². The van der Waals surface area contributed by atoms with E-state index in [0.29, 0.717) is 6.04 Å². The van der Waals surface area contributed by atoms with Crippen molar-refractivity contribution < 1.29 is 0 Å². The lowest BCUT2D eigenvalue weighted by Gasteiger charge is -2.36. The molecular weight excluding hydrogens is 250 g/mol. The Morgan fingerprint density at radius 1 is 1.40 bits per heavy atom. The molecule has 0 aromatic carbocycles. The Labute approximate surface area is 122 Å². The normalized spacial score (nSPS) is 19.4. The van der Waals surface area contributed by atoms with Crippen LogP contribution in [0.5, 0.6) is 0 Å². The predicted octanol–water partition coefficient (Wildman–Crippen LogP) is 2.14. The van der Waals surface area contributed by atoms with E-state index in [-0.39, 0.29) is 0 Å². The van der Waals surface area contributed by atoms with Crippen molar-refractivity contribution in [1.82, 2.24) is 14.9 Å². The second kappa shape index (κ2) is 6.88. The summed E-state index contributed by atoms with van der Waals surface area (Å²) < 4.78 is 0. The Bertz CT molecular complexity index is 432. The topological polar surface area (TPSA) is 44.3 Å². The second-order valence-corrected chi connectivity index (χ2v) is 5.82. The number of piperidine rings is 1. The molecule has 1 aliphatic heterocycles. The molecule has 0 radical (unpaired) electrons. The Morgan fingerprint density at radius 3 is 2.90 bits per heavy atom. The number of hydrogen-bond donors (Lipinski definition) is 1. The third-order valence-corrected chi connectivity index (χ3v) is 3.82. The first-order valence-corrected chi connectivity index (χ1v) is 7.61. The average molecular weight is 277 g/mol. The minimum atomic E-state index is 0.617. The number of nitrogens with one attached hydrogen (secondary N) is 1. The van der Waals surface area contributed by atoms with Gasteiger partial charge >= 0.3 is 0 Å². The molecule has 2 heterocycles. The SMILES string of the molecule is CCCNc1nc(C)cc(N2CCCC(N(C)C)C2)n1. The van der Waals surface area contributed by atoms with Gasteiger partial charge < -0.3 is 15.1 Å². The fraction of sp³-hybridized carbons (Fsp3) is 0.733. The van der Waals surface area contributed by atoms with Gasteiger partial charge in [-0.05, 0) is 40.3 Å². The van der Waals surface area contributed by atoms with E-state index in [2.05, 4.69) is 52.2 Å². The van der Waals surface area contributed by atoms with Crippen LogP contribution in [0.15, 0.2) is 6.07 Å². The van der Waals surface area contributed by atoms with Crippen molar-refractivity contribution >= 4 is 11.8 Å². The zero-order chi connectivity index (χ0) is 14.5. The number of nitrogens with zero attached hydrogens (tertiary/aromatic N) is 4. The number of rotatable bonds is 5. The molecule has 5 nitrogen and oxygen atoms in total. The summed E-state index contributed by atoms with van der Waals surface area (Å²) >= 11 is 0. The molecule has 1 aliphatic rings. The van der Waals surface area contributed by atoms with Crippen LogP contribution in [0, 0.1) is 6.92 Å². The smallest absolute Gasteiger partial charge is 0.224 e. The van der Waals surface area contributed by atoms with Crippen LogP contribution in [-0.2, 0) is 0 Å². The zero-order valence-corrected chi connectivity index (χ0v) is 13.2. The molecule has 0 amide bonds. The molecular formula is C15H27N5. The summed E-state index contributed by atoms with van der Waals surface area (Å²) in [7, 11) is 4.32. The van der Waals surface area contributed by atoms with Gasteiger partial charge in [0, 0.05) is 37.4 Å². The fourth-order valence-electron chi connectivity index (χ4n) is 2.61. The second-order valence-electron chi connectivity index (χ2n) is 5.82. The summed E-state index contributed by atoms with van der Waals surface area (Å²) in [5, 5.41) is 3.29. The van der Waals surface area contributed by atoms with Gasteiger partial charge in [0.05, 0.1) is 0 Å². The van der Waals surface area contributed by atoms with Gasteiger partial charge in [0.25, 0.3) is 0 Å². The monoisotopic (exact) mass is 277 g/mol. The zero-order valence-electron chi connectivity index (χ0n) is 13.2. The Balaban J connectivity index is 2.12. The van der Waals surface area contributed by atoms with Gasteiger partial charge in [0.15, 0.2) is 0 Å². The molecule has 0 spiro atoms. The molecule has 1 saturated heterocycles. The highest BCUT2D eigenvalue weighted by atomic mass is 15.3.